The Balaban J connectivity index is 2.01. The van der Waals surface area contributed by atoms with E-state index >= 15 is 0 Å². The highest BCUT2D eigenvalue weighted by Gasteiger charge is 2.43. The van der Waals surface area contributed by atoms with E-state index in [-0.39, 0.29) is 5.54 Å². The molecule has 2 atom stereocenters. The number of benzene rings is 1. The molecule has 1 saturated carbocycles. The minimum Gasteiger partial charge on any atom is -0.364 e. The molecule has 2 unspecified atom stereocenters. The van der Waals surface area contributed by atoms with Crippen molar-refractivity contribution in [3.05, 3.63) is 29.8 Å². The molecule has 0 amide bonds. The van der Waals surface area contributed by atoms with Crippen molar-refractivity contribution in [1.82, 2.24) is 0 Å². The summed E-state index contributed by atoms with van der Waals surface area (Å²) >= 11 is 0. The minimum absolute atomic E-state index is 0.203. The molecule has 1 aliphatic carbocycles. The van der Waals surface area contributed by atoms with Crippen molar-refractivity contribution in [1.29, 1.82) is 0 Å². The molecule has 19 heavy (non-hydrogen) atoms. The zero-order chi connectivity index (χ0) is 13.3. The fraction of sp³-hybridized carbons (Fsp3) is 0.647. The fourth-order valence-corrected chi connectivity index (χ4v) is 4.21. The van der Waals surface area contributed by atoms with Gasteiger partial charge < -0.3 is 10.6 Å². The molecule has 1 aromatic rings. The van der Waals surface area contributed by atoms with Crippen molar-refractivity contribution in [2.24, 2.45) is 11.7 Å². The summed E-state index contributed by atoms with van der Waals surface area (Å²) in [5.74, 6) is 0.706. The first-order valence-electron chi connectivity index (χ1n) is 7.83. The van der Waals surface area contributed by atoms with Gasteiger partial charge in [-0.3, -0.25) is 0 Å². The second kappa shape index (κ2) is 5.16. The molecule has 2 N–H and O–H groups in total. The van der Waals surface area contributed by atoms with Crippen molar-refractivity contribution in [3.63, 3.8) is 0 Å². The highest BCUT2D eigenvalue weighted by atomic mass is 15.2. The van der Waals surface area contributed by atoms with E-state index in [0.29, 0.717) is 5.92 Å². The van der Waals surface area contributed by atoms with Crippen molar-refractivity contribution in [2.45, 2.75) is 51.0 Å². The largest absolute Gasteiger partial charge is 0.364 e. The SMILES string of the molecule is CC1CCCCC1(CN)N1CCCc2ccccc21. The Labute approximate surface area is 117 Å². The molecule has 0 bridgehead atoms. The van der Waals surface area contributed by atoms with Crippen LogP contribution in [0.5, 0.6) is 0 Å². The summed E-state index contributed by atoms with van der Waals surface area (Å²) in [7, 11) is 0. The van der Waals surface area contributed by atoms with Gasteiger partial charge >= 0.3 is 0 Å². The van der Waals surface area contributed by atoms with Crippen LogP contribution in [0.15, 0.2) is 24.3 Å². The number of fused-ring (bicyclic) bond motifs is 1. The predicted molar refractivity (Wildman–Crippen MR) is 81.5 cm³/mol. The van der Waals surface area contributed by atoms with Gasteiger partial charge in [-0.25, -0.2) is 0 Å². The van der Waals surface area contributed by atoms with Gasteiger partial charge in [-0.2, -0.15) is 0 Å². The molecular weight excluding hydrogens is 232 g/mol. The second-order valence-electron chi connectivity index (χ2n) is 6.34. The van der Waals surface area contributed by atoms with Gasteiger partial charge in [0, 0.05) is 18.8 Å². The molecule has 1 heterocycles. The molecule has 2 nitrogen and oxygen atoms in total. The molecule has 3 rings (SSSR count). The lowest BCUT2D eigenvalue weighted by Crippen LogP contribution is -2.60. The van der Waals surface area contributed by atoms with Crippen LogP contribution in [0.4, 0.5) is 5.69 Å². The summed E-state index contributed by atoms with van der Waals surface area (Å²) in [4.78, 5) is 2.66. The van der Waals surface area contributed by atoms with Gasteiger partial charge in [-0.1, -0.05) is 38.0 Å². The van der Waals surface area contributed by atoms with Crippen LogP contribution < -0.4 is 10.6 Å². The first-order valence-corrected chi connectivity index (χ1v) is 7.83. The molecule has 104 valence electrons. The second-order valence-corrected chi connectivity index (χ2v) is 6.34. The van der Waals surface area contributed by atoms with Crippen molar-refractivity contribution < 1.29 is 0 Å². The highest BCUT2D eigenvalue weighted by Crippen LogP contribution is 2.42. The standard InChI is InChI=1S/C17H26N2/c1-14-7-4-5-11-17(14,13-18)19-12-6-9-15-8-2-3-10-16(15)19/h2-3,8,10,14H,4-7,9,11-13,18H2,1H3. The zero-order valence-corrected chi connectivity index (χ0v) is 12.1. The summed E-state index contributed by atoms with van der Waals surface area (Å²) in [6, 6.07) is 8.93. The molecule has 0 aromatic heterocycles. The normalized spacial score (nSPS) is 31.1. The van der Waals surface area contributed by atoms with Crippen LogP contribution in [0.3, 0.4) is 0 Å². The third-order valence-electron chi connectivity index (χ3n) is 5.42. The van der Waals surface area contributed by atoms with E-state index in [9.17, 15) is 0 Å². The smallest absolute Gasteiger partial charge is 0.0549 e. The summed E-state index contributed by atoms with van der Waals surface area (Å²) in [6.07, 6.45) is 7.79. The van der Waals surface area contributed by atoms with Crippen LogP contribution in [0.25, 0.3) is 0 Å². The number of nitrogens with two attached hydrogens (primary N) is 1. The van der Waals surface area contributed by atoms with Gasteiger partial charge in [0.15, 0.2) is 0 Å². The van der Waals surface area contributed by atoms with Crippen LogP contribution in [0, 0.1) is 5.92 Å². The molecular formula is C17H26N2. The number of nitrogens with zero attached hydrogens (tertiary/aromatic N) is 1. The summed E-state index contributed by atoms with van der Waals surface area (Å²) < 4.78 is 0. The van der Waals surface area contributed by atoms with E-state index in [1.54, 1.807) is 0 Å². The number of hydrogen-bond donors (Lipinski definition) is 1. The Bertz CT molecular complexity index is 443. The number of aryl methyl sites for hydroxylation is 1. The lowest BCUT2D eigenvalue weighted by atomic mass is 9.71. The molecule has 1 aromatic carbocycles. The van der Waals surface area contributed by atoms with E-state index in [2.05, 4.69) is 36.1 Å². The van der Waals surface area contributed by atoms with E-state index in [1.165, 1.54) is 56.3 Å². The first kappa shape index (κ1) is 13.0. The zero-order valence-electron chi connectivity index (χ0n) is 12.1. The average Bonchev–Trinajstić information content (AvgIpc) is 2.48. The topological polar surface area (TPSA) is 29.3 Å². The van der Waals surface area contributed by atoms with Crippen LogP contribution >= 0.6 is 0 Å². The molecule has 0 radical (unpaired) electrons. The van der Waals surface area contributed by atoms with Crippen molar-refractivity contribution in [3.8, 4) is 0 Å². The lowest BCUT2D eigenvalue weighted by Gasteiger charge is -2.53. The third-order valence-corrected chi connectivity index (χ3v) is 5.42. The third kappa shape index (κ3) is 2.06. The molecule has 1 aliphatic heterocycles. The number of rotatable bonds is 2. The Morgan fingerprint density at radius 2 is 2.11 bits per heavy atom. The summed E-state index contributed by atoms with van der Waals surface area (Å²) in [5.41, 5.74) is 9.44. The van der Waals surface area contributed by atoms with Crippen LogP contribution in [-0.2, 0) is 6.42 Å². The lowest BCUT2D eigenvalue weighted by molar-refractivity contribution is 0.194. The summed E-state index contributed by atoms with van der Waals surface area (Å²) in [6.45, 7) is 4.38. The van der Waals surface area contributed by atoms with E-state index in [0.717, 1.165) is 6.54 Å². The van der Waals surface area contributed by atoms with Crippen LogP contribution in [0.1, 0.15) is 44.6 Å². The maximum absolute atomic E-state index is 6.27. The van der Waals surface area contributed by atoms with Gasteiger partial charge in [0.05, 0.1) is 5.54 Å². The number of anilines is 1. The Kier molecular flexibility index (Phi) is 3.53. The fourth-order valence-electron chi connectivity index (χ4n) is 4.21. The molecule has 2 heteroatoms. The number of hydrogen-bond acceptors (Lipinski definition) is 2. The average molecular weight is 258 g/mol. The maximum atomic E-state index is 6.27. The molecule has 1 fully saturated rings. The Hall–Kier alpha value is -1.02. The van der Waals surface area contributed by atoms with Gasteiger partial charge in [0.2, 0.25) is 0 Å². The highest BCUT2D eigenvalue weighted by molar-refractivity contribution is 5.58. The quantitative estimate of drug-likeness (QED) is 0.881. The summed E-state index contributed by atoms with van der Waals surface area (Å²) in [5, 5.41) is 0. The van der Waals surface area contributed by atoms with Gasteiger partial charge in [-0.05, 0) is 43.2 Å². The van der Waals surface area contributed by atoms with Crippen molar-refractivity contribution in [2.75, 3.05) is 18.0 Å². The van der Waals surface area contributed by atoms with Crippen LogP contribution in [-0.4, -0.2) is 18.6 Å². The maximum Gasteiger partial charge on any atom is 0.0549 e. The number of para-hydroxylation sites is 1. The van der Waals surface area contributed by atoms with Gasteiger partial charge in [0.1, 0.15) is 0 Å². The Morgan fingerprint density at radius 1 is 1.26 bits per heavy atom. The van der Waals surface area contributed by atoms with E-state index in [1.807, 2.05) is 0 Å². The van der Waals surface area contributed by atoms with E-state index in [4.69, 9.17) is 5.73 Å². The minimum atomic E-state index is 0.203. The molecule has 2 aliphatic rings. The molecule has 0 saturated heterocycles. The molecule has 0 spiro atoms. The van der Waals surface area contributed by atoms with Gasteiger partial charge in [0.25, 0.3) is 0 Å². The first-order chi connectivity index (χ1) is 9.28. The van der Waals surface area contributed by atoms with Crippen molar-refractivity contribution >= 4 is 5.69 Å². The van der Waals surface area contributed by atoms with Gasteiger partial charge in [-0.15, -0.1) is 0 Å². The predicted octanol–water partition coefficient (Wildman–Crippen LogP) is 3.35. The van der Waals surface area contributed by atoms with Crippen LogP contribution in [0.2, 0.25) is 0 Å². The van der Waals surface area contributed by atoms with E-state index < -0.39 is 0 Å². The monoisotopic (exact) mass is 258 g/mol. The Morgan fingerprint density at radius 3 is 2.89 bits per heavy atom.